The lowest BCUT2D eigenvalue weighted by atomic mass is 9.91. The third-order valence-electron chi connectivity index (χ3n) is 3.54. The molecule has 6 nitrogen and oxygen atoms in total. The van der Waals surface area contributed by atoms with Crippen LogP contribution < -0.4 is 10.6 Å². The van der Waals surface area contributed by atoms with Crippen molar-refractivity contribution in [3.8, 4) is 12.3 Å². The maximum absolute atomic E-state index is 12.7. The standard InChI is InChI=1S/C14H10BrN3O3S/c1-2-5-18-9-4-3-7(15)6-8(9)14(21,12(18)20)10-11(19)17-13(16)22-10/h1,3-4,6,10,21H,5H2,(H2,16,17,19). The zero-order chi connectivity index (χ0) is 16.1. The first-order valence-corrected chi connectivity index (χ1v) is 7.89. The molecule has 2 heterocycles. The van der Waals surface area contributed by atoms with Crippen LogP contribution in [0.3, 0.4) is 0 Å². The topological polar surface area (TPSA) is 96.0 Å². The number of nitrogens with zero attached hydrogens (tertiary/aromatic N) is 2. The van der Waals surface area contributed by atoms with Gasteiger partial charge in [-0.3, -0.25) is 14.5 Å². The molecule has 3 rings (SSSR count). The van der Waals surface area contributed by atoms with Crippen LogP contribution in [0.25, 0.3) is 0 Å². The zero-order valence-electron chi connectivity index (χ0n) is 11.1. The van der Waals surface area contributed by atoms with Crippen LogP contribution in [0.1, 0.15) is 5.56 Å². The molecule has 3 N–H and O–H groups in total. The molecule has 1 aromatic rings. The van der Waals surface area contributed by atoms with Crippen molar-refractivity contribution < 1.29 is 14.7 Å². The van der Waals surface area contributed by atoms with Gasteiger partial charge in [-0.1, -0.05) is 33.6 Å². The SMILES string of the molecule is C#CCN1C(=O)C(O)(C2SC(N)=NC2=O)c2cc(Br)ccc21. The van der Waals surface area contributed by atoms with Crippen molar-refractivity contribution >= 4 is 50.4 Å². The second-order valence-corrected chi connectivity index (χ2v) is 6.85. The minimum atomic E-state index is -2.04. The summed E-state index contributed by atoms with van der Waals surface area (Å²) in [6.45, 7) is -0.00229. The van der Waals surface area contributed by atoms with Crippen molar-refractivity contribution in [1.82, 2.24) is 0 Å². The van der Waals surface area contributed by atoms with E-state index in [1.54, 1.807) is 18.2 Å². The minimum Gasteiger partial charge on any atom is -0.378 e. The summed E-state index contributed by atoms with van der Waals surface area (Å²) in [6, 6.07) is 5.00. The monoisotopic (exact) mass is 379 g/mol. The lowest BCUT2D eigenvalue weighted by Crippen LogP contribution is -2.49. The van der Waals surface area contributed by atoms with E-state index < -0.39 is 22.7 Å². The number of hydrogen-bond donors (Lipinski definition) is 2. The number of nitrogens with two attached hydrogens (primary N) is 1. The fraction of sp³-hybridized carbons (Fsp3) is 0.214. The Bertz CT molecular complexity index is 773. The molecule has 0 aliphatic carbocycles. The summed E-state index contributed by atoms with van der Waals surface area (Å²) in [5.41, 5.74) is 4.30. The zero-order valence-corrected chi connectivity index (χ0v) is 13.5. The van der Waals surface area contributed by atoms with Gasteiger partial charge in [-0.05, 0) is 18.2 Å². The van der Waals surface area contributed by atoms with Crippen molar-refractivity contribution in [3.05, 3.63) is 28.2 Å². The first-order chi connectivity index (χ1) is 10.4. The highest BCUT2D eigenvalue weighted by molar-refractivity contribution is 9.10. The first kappa shape index (κ1) is 15.1. The number of anilines is 1. The van der Waals surface area contributed by atoms with Gasteiger partial charge in [-0.15, -0.1) is 6.42 Å². The van der Waals surface area contributed by atoms with Gasteiger partial charge in [0.2, 0.25) is 0 Å². The van der Waals surface area contributed by atoms with E-state index in [1.165, 1.54) is 4.90 Å². The van der Waals surface area contributed by atoms with E-state index in [4.69, 9.17) is 12.2 Å². The smallest absolute Gasteiger partial charge is 0.266 e. The number of aliphatic imine (C=N–C) groups is 1. The molecule has 2 aliphatic heterocycles. The van der Waals surface area contributed by atoms with Crippen LogP contribution in [0, 0.1) is 12.3 Å². The summed E-state index contributed by atoms with van der Waals surface area (Å²) < 4.78 is 0.671. The fourth-order valence-electron chi connectivity index (χ4n) is 2.61. The summed E-state index contributed by atoms with van der Waals surface area (Å²) in [4.78, 5) is 29.6. The van der Waals surface area contributed by atoms with Crippen LogP contribution >= 0.6 is 27.7 Å². The average Bonchev–Trinajstić information content (AvgIpc) is 2.91. The number of terminal acetylenes is 1. The molecule has 0 spiro atoms. The summed E-state index contributed by atoms with van der Waals surface area (Å²) in [5, 5.41) is 9.99. The minimum absolute atomic E-state index is 0.00229. The molecular formula is C14H10BrN3O3S. The summed E-state index contributed by atoms with van der Waals surface area (Å²) >= 11 is 4.18. The molecule has 0 fully saturated rings. The van der Waals surface area contributed by atoms with E-state index in [0.717, 1.165) is 11.8 Å². The Hall–Kier alpha value is -1.82. The van der Waals surface area contributed by atoms with Gasteiger partial charge < -0.3 is 10.8 Å². The third-order valence-corrected chi connectivity index (χ3v) is 5.15. The number of carbonyl (C=O) groups excluding carboxylic acids is 2. The molecular weight excluding hydrogens is 370 g/mol. The van der Waals surface area contributed by atoms with Crippen molar-refractivity contribution in [2.75, 3.05) is 11.4 Å². The largest absolute Gasteiger partial charge is 0.378 e. The number of halogens is 1. The number of rotatable bonds is 2. The number of fused-ring (bicyclic) bond motifs is 1. The number of thioether (sulfide) groups is 1. The molecule has 8 heteroatoms. The van der Waals surface area contributed by atoms with Crippen molar-refractivity contribution in [2.45, 2.75) is 10.9 Å². The van der Waals surface area contributed by atoms with Gasteiger partial charge in [0, 0.05) is 10.0 Å². The Balaban J connectivity index is 2.17. The van der Waals surface area contributed by atoms with E-state index >= 15 is 0 Å². The van der Waals surface area contributed by atoms with Crippen LogP contribution in [-0.4, -0.2) is 33.9 Å². The third kappa shape index (κ3) is 1.97. The van der Waals surface area contributed by atoms with Gasteiger partial charge in [0.15, 0.2) is 10.8 Å². The molecule has 22 heavy (non-hydrogen) atoms. The predicted octanol–water partition coefficient (Wildman–Crippen LogP) is 0.573. The van der Waals surface area contributed by atoms with Crippen LogP contribution in [-0.2, 0) is 15.2 Å². The highest BCUT2D eigenvalue weighted by atomic mass is 79.9. The molecule has 1 aromatic carbocycles. The Labute approximate surface area is 138 Å². The average molecular weight is 380 g/mol. The second kappa shape index (κ2) is 5.12. The molecule has 0 saturated heterocycles. The van der Waals surface area contributed by atoms with Gasteiger partial charge in [0.25, 0.3) is 11.8 Å². The predicted molar refractivity (Wildman–Crippen MR) is 87.2 cm³/mol. The van der Waals surface area contributed by atoms with E-state index in [0.29, 0.717) is 15.7 Å². The van der Waals surface area contributed by atoms with Crippen molar-refractivity contribution in [1.29, 1.82) is 0 Å². The number of carbonyl (C=O) groups is 2. The van der Waals surface area contributed by atoms with Gasteiger partial charge in [0.1, 0.15) is 5.25 Å². The van der Waals surface area contributed by atoms with E-state index in [-0.39, 0.29) is 11.7 Å². The highest BCUT2D eigenvalue weighted by Gasteiger charge is 2.59. The molecule has 2 amide bonds. The Morgan fingerprint density at radius 2 is 2.27 bits per heavy atom. The Morgan fingerprint density at radius 3 is 2.86 bits per heavy atom. The quantitative estimate of drug-likeness (QED) is 0.732. The highest BCUT2D eigenvalue weighted by Crippen LogP contribution is 2.48. The van der Waals surface area contributed by atoms with Gasteiger partial charge in [-0.2, -0.15) is 4.99 Å². The van der Waals surface area contributed by atoms with Crippen molar-refractivity contribution in [2.24, 2.45) is 10.7 Å². The number of amides is 2. The van der Waals surface area contributed by atoms with E-state index in [9.17, 15) is 14.7 Å². The molecule has 2 aliphatic rings. The van der Waals surface area contributed by atoms with Crippen LogP contribution in [0.2, 0.25) is 0 Å². The van der Waals surface area contributed by atoms with Gasteiger partial charge in [0.05, 0.1) is 12.2 Å². The van der Waals surface area contributed by atoms with Crippen LogP contribution in [0.15, 0.2) is 27.7 Å². The molecule has 2 unspecified atom stereocenters. The van der Waals surface area contributed by atoms with Gasteiger partial charge in [-0.25, -0.2) is 0 Å². The maximum atomic E-state index is 12.7. The molecule has 2 atom stereocenters. The lowest BCUT2D eigenvalue weighted by Gasteiger charge is -2.26. The van der Waals surface area contributed by atoms with E-state index in [1.807, 2.05) is 0 Å². The van der Waals surface area contributed by atoms with Crippen LogP contribution in [0.5, 0.6) is 0 Å². The van der Waals surface area contributed by atoms with Crippen LogP contribution in [0.4, 0.5) is 5.69 Å². The number of benzene rings is 1. The molecule has 0 saturated carbocycles. The molecule has 0 radical (unpaired) electrons. The summed E-state index contributed by atoms with van der Waals surface area (Å²) in [6.07, 6.45) is 5.30. The number of aliphatic hydroxyl groups is 1. The molecule has 112 valence electrons. The normalized spacial score (nSPS) is 26.9. The van der Waals surface area contributed by atoms with E-state index in [2.05, 4.69) is 26.8 Å². The molecule has 0 aromatic heterocycles. The van der Waals surface area contributed by atoms with Crippen molar-refractivity contribution in [3.63, 3.8) is 0 Å². The number of amidine groups is 1. The lowest BCUT2D eigenvalue weighted by molar-refractivity contribution is -0.140. The molecule has 0 bridgehead atoms. The first-order valence-electron chi connectivity index (χ1n) is 6.22. The fourth-order valence-corrected chi connectivity index (χ4v) is 3.91. The Kier molecular flexibility index (Phi) is 3.51. The van der Waals surface area contributed by atoms with Gasteiger partial charge >= 0.3 is 0 Å². The summed E-state index contributed by atoms with van der Waals surface area (Å²) in [7, 11) is 0. The Morgan fingerprint density at radius 1 is 1.55 bits per heavy atom. The summed E-state index contributed by atoms with van der Waals surface area (Å²) in [5.74, 6) is 1.10. The number of hydrogen-bond acceptors (Lipinski definition) is 5. The maximum Gasteiger partial charge on any atom is 0.266 e. The second-order valence-electron chi connectivity index (χ2n) is 4.81.